The molecule has 1 saturated carbocycles. The van der Waals surface area contributed by atoms with Gasteiger partial charge in [-0.3, -0.25) is 4.90 Å². The number of hydrogen-bond acceptors (Lipinski definition) is 4. The lowest BCUT2D eigenvalue weighted by molar-refractivity contribution is -0.199. The van der Waals surface area contributed by atoms with Crippen molar-refractivity contribution >= 4 is 12.0 Å². The summed E-state index contributed by atoms with van der Waals surface area (Å²) >= 11 is 0. The van der Waals surface area contributed by atoms with Gasteiger partial charge in [0.25, 0.3) is 0 Å². The van der Waals surface area contributed by atoms with Crippen LogP contribution >= 0.6 is 0 Å². The van der Waals surface area contributed by atoms with Crippen molar-refractivity contribution in [3.05, 3.63) is 76.4 Å². The van der Waals surface area contributed by atoms with Gasteiger partial charge in [0.1, 0.15) is 6.04 Å². The second kappa shape index (κ2) is 10.3. The van der Waals surface area contributed by atoms with E-state index in [-0.39, 0.29) is 12.6 Å². The van der Waals surface area contributed by atoms with E-state index in [1.54, 1.807) is 6.08 Å². The van der Waals surface area contributed by atoms with E-state index in [0.29, 0.717) is 41.0 Å². The van der Waals surface area contributed by atoms with E-state index in [1.165, 1.54) is 12.1 Å². The molecule has 7 heteroatoms. The molecule has 0 radical (unpaired) electrons. The predicted molar refractivity (Wildman–Crippen MR) is 135 cm³/mol. The van der Waals surface area contributed by atoms with Crippen LogP contribution < -0.4 is 0 Å². The lowest BCUT2D eigenvalue weighted by Crippen LogP contribution is -2.45. The minimum absolute atomic E-state index is 0.0399. The highest BCUT2D eigenvalue weighted by Crippen LogP contribution is 2.41. The lowest BCUT2D eigenvalue weighted by atomic mass is 9.75. The standard InChI is InChI=1S/C30H34F3NO3/c1-18(2)24-12-9-19(3)13-26(24)36-29-27-25(28(35)37-29)15-21-10-11-23(30(31,32)33)14-22(21)17-34(27)16-20-7-5-4-6-8-20/h4-8,10-11,14-15,18-19,24,26-27,29H,9,12-13,16-17H2,1-3H3/t19-,24+,26-,27-,29-/m1/s1. The van der Waals surface area contributed by atoms with Crippen LogP contribution in [0.1, 0.15) is 62.3 Å². The Morgan fingerprint density at radius 1 is 1.11 bits per heavy atom. The fourth-order valence-electron chi connectivity index (χ4n) is 6.08. The van der Waals surface area contributed by atoms with Gasteiger partial charge in [0, 0.05) is 13.1 Å². The number of fused-ring (bicyclic) bond motifs is 2. The third-order valence-electron chi connectivity index (χ3n) is 8.08. The summed E-state index contributed by atoms with van der Waals surface area (Å²) in [6.45, 7) is 7.31. The summed E-state index contributed by atoms with van der Waals surface area (Å²) in [5.74, 6) is 0.851. The van der Waals surface area contributed by atoms with E-state index in [4.69, 9.17) is 9.47 Å². The molecular weight excluding hydrogens is 479 g/mol. The zero-order valence-corrected chi connectivity index (χ0v) is 21.5. The van der Waals surface area contributed by atoms with Gasteiger partial charge in [0.05, 0.1) is 17.2 Å². The van der Waals surface area contributed by atoms with Crippen LogP contribution in [-0.2, 0) is 33.5 Å². The summed E-state index contributed by atoms with van der Waals surface area (Å²) < 4.78 is 53.1. The monoisotopic (exact) mass is 513 g/mol. The number of esters is 1. The summed E-state index contributed by atoms with van der Waals surface area (Å²) in [4.78, 5) is 15.2. The topological polar surface area (TPSA) is 38.8 Å². The fraction of sp³-hybridized carbons (Fsp3) is 0.500. The van der Waals surface area contributed by atoms with Crippen LogP contribution in [0.4, 0.5) is 13.2 Å². The van der Waals surface area contributed by atoms with Crippen LogP contribution in [0.2, 0.25) is 0 Å². The molecule has 5 atom stereocenters. The van der Waals surface area contributed by atoms with E-state index in [1.807, 2.05) is 35.2 Å². The molecule has 0 unspecified atom stereocenters. The Hall–Kier alpha value is -2.64. The molecule has 37 heavy (non-hydrogen) atoms. The first-order valence-electron chi connectivity index (χ1n) is 13.2. The van der Waals surface area contributed by atoms with E-state index in [9.17, 15) is 18.0 Å². The van der Waals surface area contributed by atoms with Crippen LogP contribution in [0.15, 0.2) is 54.1 Å². The number of halogens is 3. The third-order valence-corrected chi connectivity index (χ3v) is 8.08. The van der Waals surface area contributed by atoms with Crippen molar-refractivity contribution in [2.24, 2.45) is 17.8 Å². The van der Waals surface area contributed by atoms with Crippen LogP contribution in [-0.4, -0.2) is 29.3 Å². The van der Waals surface area contributed by atoms with Gasteiger partial charge in [-0.15, -0.1) is 0 Å². The quantitative estimate of drug-likeness (QED) is 0.411. The molecule has 2 aliphatic heterocycles. The molecule has 1 aliphatic carbocycles. The maximum Gasteiger partial charge on any atom is 0.416 e. The van der Waals surface area contributed by atoms with Gasteiger partial charge in [-0.25, -0.2) is 4.79 Å². The van der Waals surface area contributed by atoms with Crippen molar-refractivity contribution in [1.29, 1.82) is 0 Å². The maximum absolute atomic E-state index is 13.5. The summed E-state index contributed by atoms with van der Waals surface area (Å²) in [6.07, 6.45) is -0.479. The van der Waals surface area contributed by atoms with Crippen LogP contribution in [0.25, 0.3) is 6.08 Å². The Labute approximate surface area is 216 Å². The van der Waals surface area contributed by atoms with Crippen molar-refractivity contribution in [3.8, 4) is 0 Å². The van der Waals surface area contributed by atoms with Gasteiger partial charge in [0.15, 0.2) is 0 Å². The summed E-state index contributed by atoms with van der Waals surface area (Å²) in [5, 5.41) is 0. The number of carbonyl (C=O) groups excluding carboxylic acids is 1. The second-order valence-corrected chi connectivity index (χ2v) is 11.1. The highest BCUT2D eigenvalue weighted by molar-refractivity contribution is 5.97. The zero-order valence-electron chi connectivity index (χ0n) is 21.5. The lowest BCUT2D eigenvalue weighted by Gasteiger charge is -2.40. The average molecular weight is 514 g/mol. The number of alkyl halides is 3. The summed E-state index contributed by atoms with van der Waals surface area (Å²) in [7, 11) is 0. The number of nitrogens with zero attached hydrogens (tertiary/aromatic N) is 1. The largest absolute Gasteiger partial charge is 0.430 e. The molecule has 3 aliphatic rings. The molecule has 2 aromatic rings. The number of ether oxygens (including phenoxy) is 2. The number of carbonyl (C=O) groups is 1. The SMILES string of the molecule is CC(C)[C@@H]1CC[C@@H](C)C[C@H]1O[C@@H]1OC(=O)C2=Cc3ccc(C(F)(F)F)cc3CN(Cc3ccccc3)[C@H]21. The van der Waals surface area contributed by atoms with Crippen molar-refractivity contribution in [2.75, 3.05) is 0 Å². The van der Waals surface area contributed by atoms with E-state index < -0.39 is 30.0 Å². The maximum atomic E-state index is 13.5. The highest BCUT2D eigenvalue weighted by atomic mass is 19.4. The smallest absolute Gasteiger partial charge is 0.416 e. The minimum Gasteiger partial charge on any atom is -0.430 e. The van der Waals surface area contributed by atoms with E-state index in [0.717, 1.165) is 30.9 Å². The Balaban J connectivity index is 1.52. The molecule has 0 bridgehead atoms. The Morgan fingerprint density at radius 3 is 2.57 bits per heavy atom. The third kappa shape index (κ3) is 5.48. The van der Waals surface area contributed by atoms with Gasteiger partial charge < -0.3 is 9.47 Å². The fourth-order valence-corrected chi connectivity index (χ4v) is 6.08. The first-order valence-corrected chi connectivity index (χ1v) is 13.2. The molecular formula is C30H34F3NO3. The van der Waals surface area contributed by atoms with Gasteiger partial charge in [-0.1, -0.05) is 63.6 Å². The summed E-state index contributed by atoms with van der Waals surface area (Å²) in [6, 6.07) is 13.0. The van der Waals surface area contributed by atoms with Crippen LogP contribution in [0, 0.1) is 17.8 Å². The summed E-state index contributed by atoms with van der Waals surface area (Å²) in [5.41, 5.74) is 1.88. The molecule has 4 nitrogen and oxygen atoms in total. The molecule has 198 valence electrons. The highest BCUT2D eigenvalue weighted by Gasteiger charge is 2.48. The molecule has 0 aromatic heterocycles. The molecule has 1 saturated heterocycles. The van der Waals surface area contributed by atoms with Gasteiger partial charge >= 0.3 is 12.1 Å². The molecule has 2 fully saturated rings. The molecule has 0 spiro atoms. The number of rotatable bonds is 5. The number of hydrogen-bond donors (Lipinski definition) is 0. The first-order chi connectivity index (χ1) is 17.6. The van der Waals surface area contributed by atoms with Gasteiger partial charge in [-0.2, -0.15) is 13.2 Å². The normalized spacial score (nSPS) is 28.4. The Morgan fingerprint density at radius 2 is 1.86 bits per heavy atom. The van der Waals surface area contributed by atoms with Gasteiger partial charge in [0.2, 0.25) is 6.29 Å². The first kappa shape index (κ1) is 26.0. The number of benzene rings is 2. The Kier molecular flexibility index (Phi) is 7.20. The van der Waals surface area contributed by atoms with Crippen LogP contribution in [0.5, 0.6) is 0 Å². The van der Waals surface area contributed by atoms with Crippen molar-refractivity contribution < 1.29 is 27.4 Å². The molecule has 2 heterocycles. The van der Waals surface area contributed by atoms with E-state index >= 15 is 0 Å². The van der Waals surface area contributed by atoms with Crippen LogP contribution in [0.3, 0.4) is 0 Å². The van der Waals surface area contributed by atoms with Crippen molar-refractivity contribution in [1.82, 2.24) is 4.90 Å². The Bertz CT molecular complexity index is 1160. The molecule has 2 aromatic carbocycles. The minimum atomic E-state index is -4.44. The van der Waals surface area contributed by atoms with Gasteiger partial charge in [-0.05, 0) is 65.5 Å². The van der Waals surface area contributed by atoms with Crippen molar-refractivity contribution in [2.45, 2.75) is 77.7 Å². The predicted octanol–water partition coefficient (Wildman–Crippen LogP) is 6.83. The zero-order chi connectivity index (χ0) is 26.3. The number of cyclic esters (lactones) is 1. The molecule has 0 N–H and O–H groups in total. The second-order valence-electron chi connectivity index (χ2n) is 11.1. The molecule has 5 rings (SSSR count). The van der Waals surface area contributed by atoms with Crippen molar-refractivity contribution in [3.63, 3.8) is 0 Å². The average Bonchev–Trinajstić information content (AvgIpc) is 3.03. The molecule has 0 amide bonds. The van der Waals surface area contributed by atoms with E-state index in [2.05, 4.69) is 20.8 Å².